The average Bonchev–Trinajstić information content (AvgIpc) is 3.04. The molecule has 2 aliphatic rings. The molecule has 2 fully saturated rings. The minimum atomic E-state index is 0.679. The molecular weight excluding hydrogens is 327 g/mol. The Labute approximate surface area is 115 Å². The van der Waals surface area contributed by atoms with Crippen LogP contribution in [0.25, 0.3) is 0 Å². The van der Waals surface area contributed by atoms with Gasteiger partial charge in [-0.3, -0.25) is 0 Å². The van der Waals surface area contributed by atoms with Crippen molar-refractivity contribution in [3.63, 3.8) is 0 Å². The maximum atomic E-state index is 4.79. The van der Waals surface area contributed by atoms with Crippen LogP contribution >= 0.6 is 22.6 Å². The number of hydrogen-bond acceptors (Lipinski definition) is 4. The summed E-state index contributed by atoms with van der Waals surface area (Å²) in [6.45, 7) is 2.21. The van der Waals surface area contributed by atoms with Gasteiger partial charge in [-0.2, -0.15) is 4.98 Å². The zero-order valence-corrected chi connectivity index (χ0v) is 12.2. The molecule has 0 bridgehead atoms. The SMILES string of the molecule is CNc1nc(N2CCCC2)nc(C2CC2)c1I. The van der Waals surface area contributed by atoms with Crippen LogP contribution in [-0.4, -0.2) is 30.1 Å². The number of nitrogens with zero attached hydrogens (tertiary/aromatic N) is 3. The van der Waals surface area contributed by atoms with Gasteiger partial charge in [-0.25, -0.2) is 4.98 Å². The van der Waals surface area contributed by atoms with Crippen LogP contribution in [0, 0.1) is 3.57 Å². The third-order valence-corrected chi connectivity index (χ3v) is 4.52. The van der Waals surface area contributed by atoms with Crippen molar-refractivity contribution in [2.45, 2.75) is 31.6 Å². The zero-order chi connectivity index (χ0) is 11.8. The van der Waals surface area contributed by atoms with E-state index in [4.69, 9.17) is 4.98 Å². The van der Waals surface area contributed by atoms with Crippen LogP contribution in [-0.2, 0) is 0 Å². The third kappa shape index (κ3) is 2.21. The van der Waals surface area contributed by atoms with Crippen molar-refractivity contribution in [2.75, 3.05) is 30.4 Å². The number of aromatic nitrogens is 2. The summed E-state index contributed by atoms with van der Waals surface area (Å²) in [5.41, 5.74) is 1.26. The van der Waals surface area contributed by atoms with Gasteiger partial charge in [-0.05, 0) is 48.3 Å². The van der Waals surface area contributed by atoms with E-state index < -0.39 is 0 Å². The third-order valence-electron chi connectivity index (χ3n) is 3.45. The van der Waals surface area contributed by atoms with Gasteiger partial charge in [0.25, 0.3) is 0 Å². The van der Waals surface area contributed by atoms with E-state index in [0.29, 0.717) is 5.92 Å². The van der Waals surface area contributed by atoms with Gasteiger partial charge in [0.2, 0.25) is 5.95 Å². The summed E-state index contributed by atoms with van der Waals surface area (Å²) in [7, 11) is 1.94. The number of nitrogens with one attached hydrogen (secondary N) is 1. The topological polar surface area (TPSA) is 41.1 Å². The lowest BCUT2D eigenvalue weighted by Crippen LogP contribution is -2.22. The van der Waals surface area contributed by atoms with Gasteiger partial charge < -0.3 is 10.2 Å². The predicted octanol–water partition coefficient (Wildman–Crippen LogP) is 2.60. The van der Waals surface area contributed by atoms with Crippen LogP contribution in [0.5, 0.6) is 0 Å². The smallest absolute Gasteiger partial charge is 0.227 e. The Hall–Kier alpha value is -0.590. The standard InChI is InChI=1S/C12H17IN4/c1-14-11-9(13)10(8-4-5-8)15-12(16-11)17-6-2-3-7-17/h8H,2-7H2,1H3,(H,14,15,16). The van der Waals surface area contributed by atoms with E-state index in [1.165, 1.54) is 34.9 Å². The average molecular weight is 344 g/mol. The molecule has 1 saturated carbocycles. The highest BCUT2D eigenvalue weighted by Crippen LogP contribution is 2.42. The predicted molar refractivity (Wildman–Crippen MR) is 77.7 cm³/mol. The summed E-state index contributed by atoms with van der Waals surface area (Å²) in [6.07, 6.45) is 5.11. The molecule has 1 aliphatic carbocycles. The molecule has 0 atom stereocenters. The second kappa shape index (κ2) is 4.59. The maximum absolute atomic E-state index is 4.79. The van der Waals surface area contributed by atoms with Gasteiger partial charge in [0.1, 0.15) is 5.82 Å². The van der Waals surface area contributed by atoms with E-state index >= 15 is 0 Å². The van der Waals surface area contributed by atoms with Crippen molar-refractivity contribution < 1.29 is 0 Å². The molecular formula is C12H17IN4. The molecule has 0 amide bonds. The minimum absolute atomic E-state index is 0.679. The molecule has 2 heterocycles. The Bertz CT molecular complexity index is 425. The highest BCUT2D eigenvalue weighted by atomic mass is 127. The molecule has 0 spiro atoms. The fraction of sp³-hybridized carbons (Fsp3) is 0.667. The highest BCUT2D eigenvalue weighted by Gasteiger charge is 2.30. The van der Waals surface area contributed by atoms with Crippen LogP contribution in [0.3, 0.4) is 0 Å². The highest BCUT2D eigenvalue weighted by molar-refractivity contribution is 14.1. The molecule has 0 unspecified atom stereocenters. The molecule has 92 valence electrons. The summed E-state index contributed by atoms with van der Waals surface area (Å²) in [6, 6.07) is 0. The van der Waals surface area contributed by atoms with E-state index in [1.807, 2.05) is 7.05 Å². The van der Waals surface area contributed by atoms with Crippen LogP contribution in [0.2, 0.25) is 0 Å². The Morgan fingerprint density at radius 1 is 1.24 bits per heavy atom. The first-order valence-electron chi connectivity index (χ1n) is 6.29. The molecule has 1 aliphatic heterocycles. The lowest BCUT2D eigenvalue weighted by molar-refractivity contribution is 0.867. The van der Waals surface area contributed by atoms with Crippen molar-refractivity contribution in [2.24, 2.45) is 0 Å². The van der Waals surface area contributed by atoms with Crippen molar-refractivity contribution in [1.29, 1.82) is 0 Å². The van der Waals surface area contributed by atoms with Crippen LogP contribution < -0.4 is 10.2 Å². The summed E-state index contributed by atoms with van der Waals surface area (Å²) in [5, 5.41) is 3.20. The lowest BCUT2D eigenvalue weighted by Gasteiger charge is -2.18. The second-order valence-electron chi connectivity index (χ2n) is 4.79. The largest absolute Gasteiger partial charge is 0.372 e. The first-order valence-corrected chi connectivity index (χ1v) is 7.37. The number of anilines is 2. The second-order valence-corrected chi connectivity index (χ2v) is 5.87. The number of hydrogen-bond donors (Lipinski definition) is 1. The Morgan fingerprint density at radius 3 is 2.53 bits per heavy atom. The maximum Gasteiger partial charge on any atom is 0.227 e. The van der Waals surface area contributed by atoms with E-state index in [2.05, 4.69) is 37.8 Å². The van der Waals surface area contributed by atoms with Crippen molar-refractivity contribution in [3.8, 4) is 0 Å². The minimum Gasteiger partial charge on any atom is -0.372 e. The first-order chi connectivity index (χ1) is 8.29. The fourth-order valence-electron chi connectivity index (χ4n) is 2.30. The Morgan fingerprint density at radius 2 is 1.94 bits per heavy atom. The summed E-state index contributed by atoms with van der Waals surface area (Å²) in [5.74, 6) is 2.59. The van der Waals surface area contributed by atoms with E-state index in [9.17, 15) is 0 Å². The van der Waals surface area contributed by atoms with Gasteiger partial charge in [0.15, 0.2) is 0 Å². The molecule has 1 N–H and O–H groups in total. The van der Waals surface area contributed by atoms with Gasteiger partial charge >= 0.3 is 0 Å². The number of halogens is 1. The van der Waals surface area contributed by atoms with E-state index in [0.717, 1.165) is 24.9 Å². The summed E-state index contributed by atoms with van der Waals surface area (Å²) in [4.78, 5) is 11.7. The van der Waals surface area contributed by atoms with Gasteiger partial charge in [0, 0.05) is 26.1 Å². The molecule has 4 nitrogen and oxygen atoms in total. The van der Waals surface area contributed by atoms with Gasteiger partial charge in [0.05, 0.1) is 9.26 Å². The molecule has 5 heteroatoms. The van der Waals surface area contributed by atoms with E-state index in [1.54, 1.807) is 0 Å². The van der Waals surface area contributed by atoms with E-state index in [-0.39, 0.29) is 0 Å². The molecule has 3 rings (SSSR count). The molecule has 1 aromatic rings. The fourth-order valence-corrected chi connectivity index (χ4v) is 3.25. The van der Waals surface area contributed by atoms with Crippen LogP contribution in [0.1, 0.15) is 37.3 Å². The van der Waals surface area contributed by atoms with Crippen molar-refractivity contribution in [1.82, 2.24) is 9.97 Å². The lowest BCUT2D eigenvalue weighted by atomic mass is 10.3. The molecule has 1 aromatic heterocycles. The normalized spacial score (nSPS) is 19.8. The first kappa shape index (κ1) is 11.5. The molecule has 0 radical (unpaired) electrons. The molecule has 0 aromatic carbocycles. The van der Waals surface area contributed by atoms with Crippen LogP contribution in [0.15, 0.2) is 0 Å². The quantitative estimate of drug-likeness (QED) is 0.856. The zero-order valence-electron chi connectivity index (χ0n) is 10.0. The Balaban J connectivity index is 2.00. The van der Waals surface area contributed by atoms with Crippen molar-refractivity contribution in [3.05, 3.63) is 9.26 Å². The van der Waals surface area contributed by atoms with Crippen LogP contribution in [0.4, 0.5) is 11.8 Å². The summed E-state index contributed by atoms with van der Waals surface area (Å²) >= 11 is 2.37. The molecule has 1 saturated heterocycles. The monoisotopic (exact) mass is 344 g/mol. The molecule has 17 heavy (non-hydrogen) atoms. The van der Waals surface area contributed by atoms with Crippen molar-refractivity contribution >= 4 is 34.4 Å². The summed E-state index contributed by atoms with van der Waals surface area (Å²) < 4.78 is 1.20. The number of rotatable bonds is 3. The van der Waals surface area contributed by atoms with Gasteiger partial charge in [-0.15, -0.1) is 0 Å². The Kier molecular flexibility index (Phi) is 3.10. The van der Waals surface area contributed by atoms with Gasteiger partial charge in [-0.1, -0.05) is 0 Å².